The molecule has 0 atom stereocenters. The Balaban J connectivity index is 1.34. The SMILES string of the molecule is O=C(CCN1CCOCC1)Nc1cccc(CNC(=O)c2ccccc2C(=O)c2ccc(F)cc2)c1. The quantitative estimate of drug-likeness (QED) is 0.448. The first-order valence-electron chi connectivity index (χ1n) is 11.9. The van der Waals surface area contributed by atoms with Crippen molar-refractivity contribution in [2.45, 2.75) is 13.0 Å². The Morgan fingerprint density at radius 3 is 2.36 bits per heavy atom. The number of rotatable bonds is 9. The molecule has 0 spiro atoms. The Labute approximate surface area is 209 Å². The normalized spacial score (nSPS) is 13.7. The van der Waals surface area contributed by atoms with Crippen LogP contribution < -0.4 is 10.6 Å². The van der Waals surface area contributed by atoms with Gasteiger partial charge in [-0.15, -0.1) is 0 Å². The van der Waals surface area contributed by atoms with Crippen LogP contribution in [-0.4, -0.2) is 55.3 Å². The number of anilines is 1. The second-order valence-electron chi connectivity index (χ2n) is 8.52. The minimum absolute atomic E-state index is 0.0732. The van der Waals surface area contributed by atoms with Gasteiger partial charge < -0.3 is 15.4 Å². The maximum atomic E-state index is 13.2. The second-order valence-corrected chi connectivity index (χ2v) is 8.52. The number of halogens is 1. The number of nitrogens with zero attached hydrogens (tertiary/aromatic N) is 1. The summed E-state index contributed by atoms with van der Waals surface area (Å²) in [4.78, 5) is 40.4. The van der Waals surface area contributed by atoms with Gasteiger partial charge in [-0.1, -0.05) is 30.3 Å². The Morgan fingerprint density at radius 1 is 0.889 bits per heavy atom. The molecule has 36 heavy (non-hydrogen) atoms. The zero-order valence-corrected chi connectivity index (χ0v) is 19.8. The summed E-state index contributed by atoms with van der Waals surface area (Å²) in [5, 5.41) is 5.74. The highest BCUT2D eigenvalue weighted by molar-refractivity contribution is 6.15. The summed E-state index contributed by atoms with van der Waals surface area (Å²) in [5.41, 5.74) is 2.23. The molecule has 2 N–H and O–H groups in total. The number of nitrogens with one attached hydrogen (secondary N) is 2. The summed E-state index contributed by atoms with van der Waals surface area (Å²) < 4.78 is 18.6. The molecule has 1 aliphatic heterocycles. The van der Waals surface area contributed by atoms with E-state index >= 15 is 0 Å². The van der Waals surface area contributed by atoms with E-state index in [9.17, 15) is 18.8 Å². The molecular formula is C28H28FN3O4. The summed E-state index contributed by atoms with van der Waals surface area (Å²) in [7, 11) is 0. The molecule has 0 unspecified atom stereocenters. The minimum atomic E-state index is -0.437. The fraction of sp³-hybridized carbons (Fsp3) is 0.250. The number of carbonyl (C=O) groups is 3. The van der Waals surface area contributed by atoms with Gasteiger partial charge >= 0.3 is 0 Å². The molecule has 3 aromatic carbocycles. The molecule has 0 bridgehead atoms. The van der Waals surface area contributed by atoms with E-state index in [4.69, 9.17) is 4.74 Å². The number of hydrogen-bond acceptors (Lipinski definition) is 5. The Kier molecular flexibility index (Phi) is 8.54. The average molecular weight is 490 g/mol. The third kappa shape index (κ3) is 6.84. The lowest BCUT2D eigenvalue weighted by Crippen LogP contribution is -2.38. The van der Waals surface area contributed by atoms with Crippen molar-refractivity contribution in [1.82, 2.24) is 10.2 Å². The summed E-state index contributed by atoms with van der Waals surface area (Å²) in [6.45, 7) is 3.96. The monoisotopic (exact) mass is 489 g/mol. The van der Waals surface area contributed by atoms with Gasteiger partial charge in [0.15, 0.2) is 5.78 Å². The molecule has 0 radical (unpaired) electrons. The summed E-state index contributed by atoms with van der Waals surface area (Å²) in [6.07, 6.45) is 0.389. The van der Waals surface area contributed by atoms with E-state index in [1.807, 2.05) is 18.2 Å². The van der Waals surface area contributed by atoms with Crippen molar-refractivity contribution in [3.63, 3.8) is 0 Å². The first-order chi connectivity index (χ1) is 17.5. The summed E-state index contributed by atoms with van der Waals surface area (Å²) >= 11 is 0. The van der Waals surface area contributed by atoms with Crippen molar-refractivity contribution in [1.29, 1.82) is 0 Å². The number of morpholine rings is 1. The molecule has 3 aromatic rings. The molecule has 0 aliphatic carbocycles. The number of ether oxygens (including phenoxy) is 1. The molecule has 186 valence electrons. The van der Waals surface area contributed by atoms with Gasteiger partial charge in [-0.25, -0.2) is 4.39 Å². The number of ketones is 1. The molecule has 4 rings (SSSR count). The highest BCUT2D eigenvalue weighted by Gasteiger charge is 2.18. The van der Waals surface area contributed by atoms with E-state index in [0.29, 0.717) is 37.4 Å². The van der Waals surface area contributed by atoms with Crippen molar-refractivity contribution < 1.29 is 23.5 Å². The molecule has 1 aliphatic rings. The first-order valence-corrected chi connectivity index (χ1v) is 11.9. The van der Waals surface area contributed by atoms with Gasteiger partial charge in [0, 0.05) is 49.4 Å². The van der Waals surface area contributed by atoms with E-state index in [2.05, 4.69) is 15.5 Å². The minimum Gasteiger partial charge on any atom is -0.379 e. The van der Waals surface area contributed by atoms with Crippen LogP contribution in [-0.2, 0) is 16.1 Å². The standard InChI is InChI=1S/C28H28FN3O4/c29-22-10-8-21(9-11-22)27(34)24-6-1-2-7-25(24)28(35)30-19-20-4-3-5-23(18-20)31-26(33)12-13-32-14-16-36-17-15-32/h1-11,18H,12-17,19H2,(H,30,35)(H,31,33). The van der Waals surface area contributed by atoms with E-state index in [-0.39, 0.29) is 29.4 Å². The van der Waals surface area contributed by atoms with Crippen molar-refractivity contribution in [3.8, 4) is 0 Å². The van der Waals surface area contributed by atoms with Crippen LogP contribution in [0.4, 0.5) is 10.1 Å². The van der Waals surface area contributed by atoms with Crippen molar-refractivity contribution in [2.24, 2.45) is 0 Å². The fourth-order valence-corrected chi connectivity index (χ4v) is 3.98. The molecule has 2 amide bonds. The number of hydrogen-bond donors (Lipinski definition) is 2. The van der Waals surface area contributed by atoms with Crippen molar-refractivity contribution in [3.05, 3.63) is 101 Å². The number of benzene rings is 3. The molecule has 1 saturated heterocycles. The first kappa shape index (κ1) is 25.2. The zero-order chi connectivity index (χ0) is 25.3. The predicted molar refractivity (Wildman–Crippen MR) is 134 cm³/mol. The van der Waals surface area contributed by atoms with Gasteiger partial charge in [-0.05, 0) is 48.0 Å². The lowest BCUT2D eigenvalue weighted by atomic mass is 9.98. The van der Waals surface area contributed by atoms with Crippen LogP contribution in [0.3, 0.4) is 0 Å². The molecule has 0 aromatic heterocycles. The lowest BCUT2D eigenvalue weighted by Gasteiger charge is -2.26. The van der Waals surface area contributed by atoms with Gasteiger partial charge in [0.25, 0.3) is 5.91 Å². The van der Waals surface area contributed by atoms with E-state index in [0.717, 1.165) is 18.7 Å². The Hall–Kier alpha value is -3.88. The predicted octanol–water partition coefficient (Wildman–Crippen LogP) is 3.65. The van der Waals surface area contributed by atoms with Crippen molar-refractivity contribution >= 4 is 23.3 Å². The van der Waals surface area contributed by atoms with Gasteiger partial charge in [0.2, 0.25) is 5.91 Å². The highest BCUT2D eigenvalue weighted by Crippen LogP contribution is 2.16. The molecule has 1 fully saturated rings. The highest BCUT2D eigenvalue weighted by atomic mass is 19.1. The van der Waals surface area contributed by atoms with Crippen LogP contribution in [0.25, 0.3) is 0 Å². The smallest absolute Gasteiger partial charge is 0.252 e. The summed E-state index contributed by atoms with van der Waals surface area (Å²) in [6, 6.07) is 19.0. The topological polar surface area (TPSA) is 87.7 Å². The third-order valence-electron chi connectivity index (χ3n) is 5.95. The number of carbonyl (C=O) groups excluding carboxylic acids is 3. The van der Waals surface area contributed by atoms with Crippen molar-refractivity contribution in [2.75, 3.05) is 38.2 Å². The van der Waals surface area contributed by atoms with Crippen LogP contribution in [0, 0.1) is 5.82 Å². The van der Waals surface area contributed by atoms with E-state index in [1.165, 1.54) is 24.3 Å². The molecular weight excluding hydrogens is 461 g/mol. The molecule has 7 nitrogen and oxygen atoms in total. The van der Waals surface area contributed by atoms with Gasteiger partial charge in [0.1, 0.15) is 5.82 Å². The van der Waals surface area contributed by atoms with Crippen LogP contribution in [0.2, 0.25) is 0 Å². The maximum absolute atomic E-state index is 13.2. The maximum Gasteiger partial charge on any atom is 0.252 e. The van der Waals surface area contributed by atoms with Crippen LogP contribution in [0.1, 0.15) is 38.3 Å². The lowest BCUT2D eigenvalue weighted by molar-refractivity contribution is -0.116. The van der Waals surface area contributed by atoms with E-state index in [1.54, 1.807) is 30.3 Å². The van der Waals surface area contributed by atoms with Crippen LogP contribution >= 0.6 is 0 Å². The second kappa shape index (κ2) is 12.2. The summed E-state index contributed by atoms with van der Waals surface area (Å²) in [5.74, 6) is -1.27. The largest absolute Gasteiger partial charge is 0.379 e. The third-order valence-corrected chi connectivity index (χ3v) is 5.95. The van der Waals surface area contributed by atoms with Gasteiger partial charge in [-0.2, -0.15) is 0 Å². The molecule has 1 heterocycles. The van der Waals surface area contributed by atoms with Crippen LogP contribution in [0.15, 0.2) is 72.8 Å². The van der Waals surface area contributed by atoms with E-state index < -0.39 is 11.7 Å². The average Bonchev–Trinajstić information content (AvgIpc) is 2.91. The van der Waals surface area contributed by atoms with Gasteiger partial charge in [-0.3, -0.25) is 19.3 Å². The molecule has 0 saturated carbocycles. The zero-order valence-electron chi connectivity index (χ0n) is 19.8. The number of amides is 2. The van der Waals surface area contributed by atoms with Crippen LogP contribution in [0.5, 0.6) is 0 Å². The fourth-order valence-electron chi connectivity index (χ4n) is 3.98. The van der Waals surface area contributed by atoms with Gasteiger partial charge in [0.05, 0.1) is 18.8 Å². The Morgan fingerprint density at radius 2 is 1.61 bits per heavy atom. The molecule has 8 heteroatoms. The Bertz CT molecular complexity index is 1220.